The van der Waals surface area contributed by atoms with E-state index in [-0.39, 0.29) is 42.8 Å². The number of para-hydroxylation sites is 1. The van der Waals surface area contributed by atoms with Gasteiger partial charge in [-0.2, -0.15) is 0 Å². The van der Waals surface area contributed by atoms with E-state index in [0.29, 0.717) is 38.0 Å². The molecule has 0 bridgehead atoms. The van der Waals surface area contributed by atoms with Crippen molar-refractivity contribution >= 4 is 35.1 Å². The van der Waals surface area contributed by atoms with E-state index in [2.05, 4.69) is 16.0 Å². The van der Waals surface area contributed by atoms with Gasteiger partial charge in [0, 0.05) is 42.6 Å². The second-order valence-electron chi connectivity index (χ2n) is 8.92. The maximum Gasteiger partial charge on any atom is 0.322 e. The van der Waals surface area contributed by atoms with Gasteiger partial charge in [0.1, 0.15) is 0 Å². The molecule has 1 saturated heterocycles. The summed E-state index contributed by atoms with van der Waals surface area (Å²) in [5.74, 6) is -0.572. The van der Waals surface area contributed by atoms with E-state index >= 15 is 0 Å². The fraction of sp³-hybridized carbons (Fsp3) is 0.360. The molecule has 3 heterocycles. The molecule has 5 amide bonds. The number of rotatable bonds is 4. The number of hydrogen-bond acceptors (Lipinski definition) is 4. The fourth-order valence-corrected chi connectivity index (χ4v) is 4.91. The van der Waals surface area contributed by atoms with E-state index in [9.17, 15) is 19.2 Å². The van der Waals surface area contributed by atoms with E-state index in [1.54, 1.807) is 23.1 Å². The van der Waals surface area contributed by atoms with Crippen LogP contribution in [0.5, 0.6) is 0 Å². The third-order valence-corrected chi connectivity index (χ3v) is 6.79. The Balaban J connectivity index is 1.11. The van der Waals surface area contributed by atoms with Crippen LogP contribution >= 0.6 is 0 Å². The van der Waals surface area contributed by atoms with Crippen LogP contribution in [-0.4, -0.2) is 65.8 Å². The molecule has 0 radical (unpaired) electrons. The molecule has 0 unspecified atom stereocenters. The van der Waals surface area contributed by atoms with E-state index in [1.807, 2.05) is 29.2 Å². The summed E-state index contributed by atoms with van der Waals surface area (Å²) in [6.45, 7) is 1.65. The van der Waals surface area contributed by atoms with Crippen LogP contribution < -0.4 is 16.0 Å². The lowest BCUT2D eigenvalue weighted by atomic mass is 10.0. The Morgan fingerprint density at radius 1 is 0.941 bits per heavy atom. The minimum absolute atomic E-state index is 0.0793. The number of anilines is 2. The van der Waals surface area contributed by atoms with Crippen LogP contribution in [0.1, 0.15) is 34.3 Å². The summed E-state index contributed by atoms with van der Waals surface area (Å²) in [5, 5.41) is 8.43. The fourth-order valence-electron chi connectivity index (χ4n) is 4.91. The number of benzene rings is 2. The lowest BCUT2D eigenvalue weighted by Gasteiger charge is -2.38. The standard InChI is InChI=1S/C25H27N5O4/c31-22-14-18-13-17(5-6-21(18)27-22)24(33)26-15-23(32)29-10-8-19(9-11-29)30-12-7-16-3-1-2-4-20(16)28-25(30)34/h1-6,13,19H,7-12,14-15H2,(H,26,33)(H,27,31)(H,28,34). The average molecular weight is 462 g/mol. The molecule has 9 nitrogen and oxygen atoms in total. The highest BCUT2D eigenvalue weighted by molar-refractivity contribution is 6.02. The van der Waals surface area contributed by atoms with Crippen molar-refractivity contribution in [3.63, 3.8) is 0 Å². The lowest BCUT2D eigenvalue weighted by molar-refractivity contribution is -0.131. The summed E-state index contributed by atoms with van der Waals surface area (Å²) < 4.78 is 0. The number of fused-ring (bicyclic) bond motifs is 2. The summed E-state index contributed by atoms with van der Waals surface area (Å²) in [7, 11) is 0. The molecule has 3 aliphatic heterocycles. The number of likely N-dealkylation sites (tertiary alicyclic amines) is 1. The van der Waals surface area contributed by atoms with Crippen molar-refractivity contribution in [2.75, 3.05) is 36.8 Å². The average Bonchev–Trinajstić information content (AvgIpc) is 3.13. The third kappa shape index (κ3) is 4.46. The Bertz CT molecular complexity index is 1160. The van der Waals surface area contributed by atoms with E-state index in [1.165, 1.54) is 0 Å². The molecular weight excluding hydrogens is 434 g/mol. The van der Waals surface area contributed by atoms with Gasteiger partial charge in [-0.15, -0.1) is 0 Å². The van der Waals surface area contributed by atoms with Gasteiger partial charge < -0.3 is 25.8 Å². The van der Waals surface area contributed by atoms with Gasteiger partial charge in [0.2, 0.25) is 11.8 Å². The first-order valence-electron chi connectivity index (χ1n) is 11.6. The largest absolute Gasteiger partial charge is 0.343 e. The van der Waals surface area contributed by atoms with Crippen LogP contribution in [0.25, 0.3) is 0 Å². The van der Waals surface area contributed by atoms with Gasteiger partial charge in [-0.05, 0) is 54.7 Å². The minimum atomic E-state index is -0.341. The van der Waals surface area contributed by atoms with Gasteiger partial charge >= 0.3 is 6.03 Å². The molecule has 3 aliphatic rings. The molecule has 0 aromatic heterocycles. The predicted octanol–water partition coefficient (Wildman–Crippen LogP) is 1.99. The van der Waals surface area contributed by atoms with Gasteiger partial charge in [0.05, 0.1) is 13.0 Å². The van der Waals surface area contributed by atoms with Gasteiger partial charge in [0.15, 0.2) is 0 Å². The molecule has 2 aromatic rings. The molecule has 5 rings (SSSR count). The highest BCUT2D eigenvalue weighted by atomic mass is 16.2. The normalized spacial score (nSPS) is 17.9. The summed E-state index contributed by atoms with van der Waals surface area (Å²) in [6.07, 6.45) is 2.46. The second-order valence-corrected chi connectivity index (χ2v) is 8.92. The molecule has 2 aromatic carbocycles. The molecule has 0 saturated carbocycles. The molecule has 1 fully saturated rings. The zero-order chi connectivity index (χ0) is 23.7. The Labute approximate surface area is 197 Å². The number of hydrogen-bond donors (Lipinski definition) is 3. The summed E-state index contributed by atoms with van der Waals surface area (Å²) >= 11 is 0. The predicted molar refractivity (Wildman–Crippen MR) is 127 cm³/mol. The van der Waals surface area contributed by atoms with Crippen molar-refractivity contribution in [2.45, 2.75) is 31.7 Å². The van der Waals surface area contributed by atoms with Crippen LogP contribution in [0.3, 0.4) is 0 Å². The first-order valence-corrected chi connectivity index (χ1v) is 11.6. The molecular formula is C25H27N5O4. The number of amides is 5. The van der Waals surface area contributed by atoms with Crippen molar-refractivity contribution in [2.24, 2.45) is 0 Å². The molecule has 0 aliphatic carbocycles. The summed E-state index contributed by atoms with van der Waals surface area (Å²) in [4.78, 5) is 53.1. The van der Waals surface area contributed by atoms with Crippen molar-refractivity contribution in [3.05, 3.63) is 59.2 Å². The Kier molecular flexibility index (Phi) is 5.91. The van der Waals surface area contributed by atoms with Crippen LogP contribution in [0.4, 0.5) is 16.2 Å². The highest BCUT2D eigenvalue weighted by Crippen LogP contribution is 2.25. The van der Waals surface area contributed by atoms with Crippen LogP contribution in [0.15, 0.2) is 42.5 Å². The molecule has 0 atom stereocenters. The Hall–Kier alpha value is -3.88. The molecule has 3 N–H and O–H groups in total. The van der Waals surface area contributed by atoms with Crippen molar-refractivity contribution in [1.82, 2.24) is 15.1 Å². The van der Waals surface area contributed by atoms with Crippen molar-refractivity contribution < 1.29 is 19.2 Å². The topological polar surface area (TPSA) is 111 Å². The maximum absolute atomic E-state index is 12.8. The molecule has 0 spiro atoms. The van der Waals surface area contributed by atoms with Crippen molar-refractivity contribution in [1.29, 1.82) is 0 Å². The van der Waals surface area contributed by atoms with Crippen LogP contribution in [-0.2, 0) is 22.4 Å². The molecule has 34 heavy (non-hydrogen) atoms. The van der Waals surface area contributed by atoms with Gasteiger partial charge in [-0.1, -0.05) is 18.2 Å². The summed E-state index contributed by atoms with van der Waals surface area (Å²) in [6, 6.07) is 12.9. The third-order valence-electron chi connectivity index (χ3n) is 6.79. The van der Waals surface area contributed by atoms with Crippen LogP contribution in [0.2, 0.25) is 0 Å². The summed E-state index contributed by atoms with van der Waals surface area (Å²) in [5.41, 5.74) is 3.93. The Morgan fingerprint density at radius 3 is 2.53 bits per heavy atom. The first-order chi connectivity index (χ1) is 16.5. The minimum Gasteiger partial charge on any atom is -0.343 e. The number of nitrogens with zero attached hydrogens (tertiary/aromatic N) is 2. The monoisotopic (exact) mass is 461 g/mol. The number of nitrogens with one attached hydrogen (secondary N) is 3. The van der Waals surface area contributed by atoms with E-state index < -0.39 is 0 Å². The van der Waals surface area contributed by atoms with Gasteiger partial charge in [-0.25, -0.2) is 4.79 Å². The second kappa shape index (κ2) is 9.17. The van der Waals surface area contributed by atoms with Crippen LogP contribution in [0, 0.1) is 0 Å². The zero-order valence-corrected chi connectivity index (χ0v) is 18.8. The zero-order valence-electron chi connectivity index (χ0n) is 18.8. The number of carbonyl (C=O) groups excluding carboxylic acids is 4. The quantitative estimate of drug-likeness (QED) is 0.647. The highest BCUT2D eigenvalue weighted by Gasteiger charge is 2.31. The number of urea groups is 1. The lowest BCUT2D eigenvalue weighted by Crippen LogP contribution is -2.51. The smallest absolute Gasteiger partial charge is 0.322 e. The molecule has 176 valence electrons. The van der Waals surface area contributed by atoms with Gasteiger partial charge in [-0.3, -0.25) is 14.4 Å². The van der Waals surface area contributed by atoms with Crippen molar-refractivity contribution in [3.8, 4) is 0 Å². The number of piperidine rings is 1. The molecule has 9 heteroatoms. The van der Waals surface area contributed by atoms with E-state index in [0.717, 1.165) is 28.9 Å². The van der Waals surface area contributed by atoms with E-state index in [4.69, 9.17) is 0 Å². The SMILES string of the molecule is O=C1Cc2cc(C(=O)NCC(=O)N3CCC(N4CCc5ccccc5NC4=O)CC3)ccc2N1. The Morgan fingerprint density at radius 2 is 1.71 bits per heavy atom. The van der Waals surface area contributed by atoms with Gasteiger partial charge in [0.25, 0.3) is 5.91 Å². The first kappa shape index (κ1) is 21.9. The maximum atomic E-state index is 12.8. The number of carbonyl (C=O) groups is 4.